The number of carboxylic acid groups (broad SMARTS) is 1. The zero-order valence-corrected chi connectivity index (χ0v) is 15.6. The Morgan fingerprint density at radius 1 is 1.11 bits per heavy atom. The summed E-state index contributed by atoms with van der Waals surface area (Å²) in [5.74, 6) is -0.197. The molecule has 0 amide bonds. The Bertz CT molecular complexity index is 938. The quantitative estimate of drug-likeness (QED) is 0.570. The van der Waals surface area contributed by atoms with Crippen LogP contribution in [0.15, 0.2) is 71.8 Å². The molecule has 0 radical (unpaired) electrons. The number of aromatic nitrogens is 1. The fourth-order valence-electron chi connectivity index (χ4n) is 2.46. The number of benzene rings is 2. The minimum Gasteiger partial charge on any atom is -0.488 e. The predicted octanol–water partition coefficient (Wildman–Crippen LogP) is 5.25. The number of carboxylic acids is 1. The summed E-state index contributed by atoms with van der Waals surface area (Å²) in [5, 5.41) is 8.95. The van der Waals surface area contributed by atoms with Crippen LogP contribution in [0.3, 0.4) is 0 Å². The summed E-state index contributed by atoms with van der Waals surface area (Å²) in [6.07, 6.45) is 7.16. The van der Waals surface area contributed by atoms with Crippen LogP contribution >= 0.6 is 11.8 Å². The molecule has 4 nitrogen and oxygen atoms in total. The summed E-state index contributed by atoms with van der Waals surface area (Å²) in [6.45, 7) is 0.492. The van der Waals surface area contributed by atoms with E-state index in [9.17, 15) is 4.79 Å². The number of nitrogens with zero attached hydrogens (tertiary/aromatic N) is 1. The van der Waals surface area contributed by atoms with Gasteiger partial charge in [0, 0.05) is 16.7 Å². The standard InChI is InChI=1S/C22H19NO3S/c1-27-20-11-12-21(26-15-16-5-3-2-4-6-16)17(13-20)7-9-19-10-8-18(14-23-19)22(24)25/h2-14H,15H2,1H3,(H,24,25)/b9-7+. The molecule has 0 aliphatic rings. The lowest BCUT2D eigenvalue weighted by Crippen LogP contribution is -1.97. The van der Waals surface area contributed by atoms with Gasteiger partial charge in [0.2, 0.25) is 0 Å². The zero-order chi connectivity index (χ0) is 19.1. The highest BCUT2D eigenvalue weighted by Gasteiger charge is 2.05. The van der Waals surface area contributed by atoms with Crippen molar-refractivity contribution in [3.8, 4) is 5.75 Å². The van der Waals surface area contributed by atoms with Crippen molar-refractivity contribution < 1.29 is 14.6 Å². The zero-order valence-electron chi connectivity index (χ0n) is 14.8. The first kappa shape index (κ1) is 18.7. The second-order valence-electron chi connectivity index (χ2n) is 5.79. The van der Waals surface area contributed by atoms with Crippen molar-refractivity contribution in [2.75, 3.05) is 6.26 Å². The van der Waals surface area contributed by atoms with Crippen molar-refractivity contribution in [3.63, 3.8) is 0 Å². The van der Waals surface area contributed by atoms with E-state index >= 15 is 0 Å². The van der Waals surface area contributed by atoms with Crippen molar-refractivity contribution in [2.45, 2.75) is 11.5 Å². The summed E-state index contributed by atoms with van der Waals surface area (Å²) in [5.41, 5.74) is 2.90. The molecule has 3 rings (SSSR count). The van der Waals surface area contributed by atoms with Gasteiger partial charge in [0.05, 0.1) is 11.3 Å². The molecule has 2 aromatic carbocycles. The smallest absolute Gasteiger partial charge is 0.337 e. The molecule has 136 valence electrons. The molecular formula is C22H19NO3S. The van der Waals surface area contributed by atoms with Gasteiger partial charge in [-0.25, -0.2) is 4.79 Å². The van der Waals surface area contributed by atoms with Gasteiger partial charge in [0.25, 0.3) is 0 Å². The lowest BCUT2D eigenvalue weighted by atomic mass is 10.1. The maximum atomic E-state index is 10.9. The highest BCUT2D eigenvalue weighted by molar-refractivity contribution is 7.98. The van der Waals surface area contributed by atoms with Gasteiger partial charge >= 0.3 is 5.97 Å². The summed E-state index contributed by atoms with van der Waals surface area (Å²) >= 11 is 1.66. The van der Waals surface area contributed by atoms with Crippen LogP contribution in [0.1, 0.15) is 27.2 Å². The molecule has 0 bridgehead atoms. The average molecular weight is 377 g/mol. The second-order valence-corrected chi connectivity index (χ2v) is 6.67. The Labute approximate surface area is 162 Å². The molecule has 0 fully saturated rings. The molecule has 1 heterocycles. The van der Waals surface area contributed by atoms with Crippen LogP contribution in [0.4, 0.5) is 0 Å². The number of rotatable bonds is 7. The number of aromatic carboxylic acids is 1. The highest BCUT2D eigenvalue weighted by atomic mass is 32.2. The van der Waals surface area contributed by atoms with Crippen LogP contribution in [0.5, 0.6) is 5.75 Å². The molecule has 1 N–H and O–H groups in total. The van der Waals surface area contributed by atoms with Crippen molar-refractivity contribution >= 4 is 29.9 Å². The van der Waals surface area contributed by atoms with E-state index < -0.39 is 5.97 Å². The summed E-state index contributed by atoms with van der Waals surface area (Å²) in [6, 6.07) is 19.3. The van der Waals surface area contributed by atoms with E-state index in [-0.39, 0.29) is 5.56 Å². The summed E-state index contributed by atoms with van der Waals surface area (Å²) in [4.78, 5) is 16.2. The average Bonchev–Trinajstić information content (AvgIpc) is 2.72. The number of carbonyl (C=O) groups is 1. The molecule has 5 heteroatoms. The van der Waals surface area contributed by atoms with E-state index in [0.717, 1.165) is 21.8 Å². The van der Waals surface area contributed by atoms with Crippen molar-refractivity contribution in [1.82, 2.24) is 4.98 Å². The molecule has 27 heavy (non-hydrogen) atoms. The number of hydrogen-bond donors (Lipinski definition) is 1. The van der Waals surface area contributed by atoms with Crippen molar-refractivity contribution in [2.24, 2.45) is 0 Å². The molecule has 0 saturated heterocycles. The van der Waals surface area contributed by atoms with E-state index in [2.05, 4.69) is 11.1 Å². The van der Waals surface area contributed by atoms with E-state index in [4.69, 9.17) is 9.84 Å². The SMILES string of the molecule is CSc1ccc(OCc2ccccc2)c(/C=C/c2ccc(C(=O)O)cn2)c1. The number of ether oxygens (including phenoxy) is 1. The van der Waals surface area contributed by atoms with Crippen molar-refractivity contribution in [1.29, 1.82) is 0 Å². The van der Waals surface area contributed by atoms with Gasteiger partial charge in [-0.05, 0) is 54.3 Å². The molecular weight excluding hydrogens is 358 g/mol. The van der Waals surface area contributed by atoms with Crippen LogP contribution < -0.4 is 4.74 Å². The van der Waals surface area contributed by atoms with E-state index in [1.54, 1.807) is 23.9 Å². The Kier molecular flexibility index (Phi) is 6.28. The normalized spacial score (nSPS) is 10.9. The highest BCUT2D eigenvalue weighted by Crippen LogP contribution is 2.27. The number of thioether (sulfide) groups is 1. The lowest BCUT2D eigenvalue weighted by Gasteiger charge is -2.11. The Morgan fingerprint density at radius 2 is 1.93 bits per heavy atom. The minimum absolute atomic E-state index is 0.170. The third-order valence-corrected chi connectivity index (χ3v) is 4.65. The van der Waals surface area contributed by atoms with Gasteiger partial charge in [-0.15, -0.1) is 11.8 Å². The number of hydrogen-bond acceptors (Lipinski definition) is 4. The van der Waals surface area contributed by atoms with Gasteiger partial charge in [-0.1, -0.05) is 30.3 Å². The van der Waals surface area contributed by atoms with E-state index in [1.165, 1.54) is 6.20 Å². The molecule has 1 aromatic heterocycles. The largest absolute Gasteiger partial charge is 0.488 e. The van der Waals surface area contributed by atoms with E-state index in [1.807, 2.05) is 60.9 Å². The second kappa shape index (κ2) is 9.05. The molecule has 0 aliphatic carbocycles. The third kappa shape index (κ3) is 5.21. The van der Waals surface area contributed by atoms with Crippen LogP contribution in [-0.2, 0) is 6.61 Å². The fourth-order valence-corrected chi connectivity index (χ4v) is 2.91. The Balaban J connectivity index is 1.80. The van der Waals surface area contributed by atoms with Gasteiger partial charge in [0.1, 0.15) is 12.4 Å². The summed E-state index contributed by atoms with van der Waals surface area (Å²) < 4.78 is 6.00. The molecule has 0 spiro atoms. The van der Waals surface area contributed by atoms with Crippen LogP contribution in [0.25, 0.3) is 12.2 Å². The van der Waals surface area contributed by atoms with E-state index in [0.29, 0.717) is 12.3 Å². The molecule has 0 saturated carbocycles. The number of pyridine rings is 1. The first-order valence-corrected chi connectivity index (χ1v) is 9.60. The lowest BCUT2D eigenvalue weighted by molar-refractivity contribution is 0.0696. The van der Waals surface area contributed by atoms with Gasteiger partial charge in [0.15, 0.2) is 0 Å². The maximum absolute atomic E-state index is 10.9. The fraction of sp³-hybridized carbons (Fsp3) is 0.0909. The van der Waals surface area contributed by atoms with Gasteiger partial charge in [-0.2, -0.15) is 0 Å². The molecule has 0 atom stereocenters. The van der Waals surface area contributed by atoms with Crippen LogP contribution in [-0.4, -0.2) is 22.3 Å². The topological polar surface area (TPSA) is 59.4 Å². The molecule has 0 unspecified atom stereocenters. The molecule has 0 aliphatic heterocycles. The minimum atomic E-state index is -0.984. The molecule has 3 aromatic rings. The first-order chi connectivity index (χ1) is 13.2. The first-order valence-electron chi connectivity index (χ1n) is 8.38. The third-order valence-electron chi connectivity index (χ3n) is 3.92. The monoisotopic (exact) mass is 377 g/mol. The summed E-state index contributed by atoms with van der Waals surface area (Å²) in [7, 11) is 0. The van der Waals surface area contributed by atoms with Crippen molar-refractivity contribution in [3.05, 3.63) is 89.2 Å². The van der Waals surface area contributed by atoms with Crippen LogP contribution in [0.2, 0.25) is 0 Å². The van der Waals surface area contributed by atoms with Gasteiger partial charge in [-0.3, -0.25) is 4.98 Å². The Hall–Kier alpha value is -3.05. The predicted molar refractivity (Wildman–Crippen MR) is 109 cm³/mol. The van der Waals surface area contributed by atoms with Gasteiger partial charge < -0.3 is 9.84 Å². The van der Waals surface area contributed by atoms with Crippen LogP contribution in [0, 0.1) is 0 Å². The Morgan fingerprint density at radius 3 is 2.59 bits per heavy atom. The maximum Gasteiger partial charge on any atom is 0.337 e.